The summed E-state index contributed by atoms with van der Waals surface area (Å²) in [5.74, 6) is 1.28. The number of likely N-dealkylation sites (tertiary alicyclic amines) is 1. The zero-order chi connectivity index (χ0) is 16.3. The lowest BCUT2D eigenvalue weighted by Crippen LogP contribution is -2.31. The second-order valence-corrected chi connectivity index (χ2v) is 8.70. The van der Waals surface area contributed by atoms with Crippen LogP contribution in [0.2, 0.25) is 0 Å². The summed E-state index contributed by atoms with van der Waals surface area (Å²) in [5, 5.41) is 0. The zero-order valence-electron chi connectivity index (χ0n) is 14.0. The Balaban J connectivity index is 1.54. The fraction of sp³-hybridized carbons (Fsp3) is 0.812. The summed E-state index contributed by atoms with van der Waals surface area (Å²) >= 11 is 0. The number of hydrogen-bond acceptors (Lipinski definition) is 4. The predicted octanol–water partition coefficient (Wildman–Crippen LogP) is 1.75. The minimum Gasteiger partial charge on any atom is -0.344 e. The highest BCUT2D eigenvalue weighted by Gasteiger charge is 2.29. The lowest BCUT2D eigenvalue weighted by molar-refractivity contribution is 0.247. The number of fused-ring (bicyclic) bond motifs is 1. The Morgan fingerprint density at radius 3 is 2.91 bits per heavy atom. The number of nitrogens with zero attached hydrogens (tertiary/aromatic N) is 2. The molecule has 1 atom stereocenters. The number of sulfonamides is 1. The number of imidazole rings is 1. The molecule has 2 N–H and O–H groups in total. The molecule has 0 spiro atoms. The first-order chi connectivity index (χ1) is 11.1. The minimum absolute atomic E-state index is 0.150. The van der Waals surface area contributed by atoms with E-state index in [1.54, 1.807) is 6.92 Å². The second kappa shape index (κ2) is 7.32. The molecule has 1 saturated heterocycles. The molecule has 1 aliphatic heterocycles. The molecule has 130 valence electrons. The van der Waals surface area contributed by atoms with E-state index in [1.807, 2.05) is 0 Å². The van der Waals surface area contributed by atoms with Gasteiger partial charge in [-0.1, -0.05) is 0 Å². The van der Waals surface area contributed by atoms with Gasteiger partial charge in [-0.25, -0.2) is 18.1 Å². The summed E-state index contributed by atoms with van der Waals surface area (Å²) < 4.78 is 25.6. The molecular weight excluding hydrogens is 312 g/mol. The average Bonchev–Trinajstić information content (AvgIpc) is 3.17. The van der Waals surface area contributed by atoms with Crippen LogP contribution < -0.4 is 4.72 Å². The molecule has 2 aliphatic rings. The number of H-pyrrole nitrogens is 1. The smallest absolute Gasteiger partial charge is 0.211 e. The zero-order valence-corrected chi connectivity index (χ0v) is 14.8. The summed E-state index contributed by atoms with van der Waals surface area (Å²) in [6.45, 7) is 4.18. The van der Waals surface area contributed by atoms with E-state index >= 15 is 0 Å². The number of hydrogen-bond donors (Lipinski definition) is 2. The third kappa shape index (κ3) is 4.14. The van der Waals surface area contributed by atoms with Crippen molar-refractivity contribution in [2.75, 3.05) is 25.4 Å². The Morgan fingerprint density at radius 1 is 1.30 bits per heavy atom. The fourth-order valence-electron chi connectivity index (χ4n) is 3.65. The van der Waals surface area contributed by atoms with Gasteiger partial charge in [-0.3, -0.25) is 4.90 Å². The minimum atomic E-state index is -3.07. The lowest BCUT2D eigenvalue weighted by atomic mass is 10.0. The quantitative estimate of drug-likeness (QED) is 0.741. The van der Waals surface area contributed by atoms with Gasteiger partial charge >= 0.3 is 0 Å². The van der Waals surface area contributed by atoms with Crippen molar-refractivity contribution >= 4 is 10.0 Å². The van der Waals surface area contributed by atoms with E-state index in [0.717, 1.165) is 44.6 Å². The molecule has 3 rings (SSSR count). The van der Waals surface area contributed by atoms with Crippen molar-refractivity contribution in [2.24, 2.45) is 0 Å². The topological polar surface area (TPSA) is 78.1 Å². The lowest BCUT2D eigenvalue weighted by Gasteiger charge is -2.22. The average molecular weight is 340 g/mol. The summed E-state index contributed by atoms with van der Waals surface area (Å²) in [6.07, 6.45) is 7.94. The van der Waals surface area contributed by atoms with E-state index in [1.165, 1.54) is 30.7 Å². The SMILES string of the molecule is CCS(=O)(=O)NCCCN1CCCC1c1nc2c([nH]1)CCCC2. The number of aryl methyl sites for hydroxylation is 2. The van der Waals surface area contributed by atoms with Crippen molar-refractivity contribution < 1.29 is 8.42 Å². The summed E-state index contributed by atoms with van der Waals surface area (Å²) in [5.41, 5.74) is 2.61. The number of nitrogens with one attached hydrogen (secondary N) is 2. The number of rotatable bonds is 7. The normalized spacial score (nSPS) is 22.4. The predicted molar refractivity (Wildman–Crippen MR) is 90.9 cm³/mol. The maximum atomic E-state index is 11.5. The molecule has 1 aliphatic carbocycles. The van der Waals surface area contributed by atoms with Crippen molar-refractivity contribution in [1.82, 2.24) is 19.6 Å². The van der Waals surface area contributed by atoms with Crippen LogP contribution in [0.3, 0.4) is 0 Å². The molecule has 1 fully saturated rings. The summed E-state index contributed by atoms with van der Waals surface area (Å²) in [6, 6.07) is 0.378. The van der Waals surface area contributed by atoms with Gasteiger partial charge in [-0.2, -0.15) is 0 Å². The largest absolute Gasteiger partial charge is 0.344 e. The Kier molecular flexibility index (Phi) is 5.38. The highest BCUT2D eigenvalue weighted by Crippen LogP contribution is 2.32. The number of aromatic amines is 1. The van der Waals surface area contributed by atoms with E-state index in [0.29, 0.717) is 12.6 Å². The van der Waals surface area contributed by atoms with Gasteiger partial charge in [0, 0.05) is 18.8 Å². The number of aromatic nitrogens is 2. The fourth-order valence-corrected chi connectivity index (χ4v) is 4.31. The van der Waals surface area contributed by atoms with Crippen LogP contribution in [0.15, 0.2) is 0 Å². The van der Waals surface area contributed by atoms with Gasteiger partial charge in [-0.05, 0) is 58.4 Å². The van der Waals surface area contributed by atoms with Gasteiger partial charge < -0.3 is 4.98 Å². The Bertz CT molecular complexity index is 603. The molecule has 23 heavy (non-hydrogen) atoms. The second-order valence-electron chi connectivity index (χ2n) is 6.60. The maximum Gasteiger partial charge on any atom is 0.211 e. The first kappa shape index (κ1) is 16.9. The molecule has 0 bridgehead atoms. The molecule has 0 saturated carbocycles. The third-order valence-corrected chi connectivity index (χ3v) is 6.38. The first-order valence-corrected chi connectivity index (χ1v) is 10.5. The van der Waals surface area contributed by atoms with E-state index in [4.69, 9.17) is 4.98 Å². The Hall–Kier alpha value is -0.920. The molecule has 0 aromatic carbocycles. The van der Waals surface area contributed by atoms with Gasteiger partial charge in [0.25, 0.3) is 0 Å². The van der Waals surface area contributed by atoms with Gasteiger partial charge in [0.2, 0.25) is 10.0 Å². The van der Waals surface area contributed by atoms with Crippen LogP contribution in [-0.4, -0.2) is 48.7 Å². The molecule has 0 amide bonds. The van der Waals surface area contributed by atoms with E-state index < -0.39 is 10.0 Å². The summed E-state index contributed by atoms with van der Waals surface area (Å²) in [4.78, 5) is 10.9. The monoisotopic (exact) mass is 340 g/mol. The van der Waals surface area contributed by atoms with Crippen LogP contribution in [-0.2, 0) is 22.9 Å². The van der Waals surface area contributed by atoms with Gasteiger partial charge in [0.15, 0.2) is 0 Å². The van der Waals surface area contributed by atoms with E-state index in [-0.39, 0.29) is 5.75 Å². The van der Waals surface area contributed by atoms with Crippen LogP contribution in [0.1, 0.15) is 62.3 Å². The molecule has 1 unspecified atom stereocenters. The molecule has 0 radical (unpaired) electrons. The van der Waals surface area contributed by atoms with Crippen molar-refractivity contribution in [3.63, 3.8) is 0 Å². The van der Waals surface area contributed by atoms with Gasteiger partial charge in [0.05, 0.1) is 17.5 Å². The van der Waals surface area contributed by atoms with Crippen LogP contribution in [0.4, 0.5) is 0 Å². The first-order valence-electron chi connectivity index (χ1n) is 8.88. The molecule has 2 heterocycles. The van der Waals surface area contributed by atoms with Crippen molar-refractivity contribution in [3.8, 4) is 0 Å². The van der Waals surface area contributed by atoms with Gasteiger partial charge in [-0.15, -0.1) is 0 Å². The van der Waals surface area contributed by atoms with Gasteiger partial charge in [0.1, 0.15) is 5.82 Å². The molecule has 7 heteroatoms. The Labute approximate surface area is 139 Å². The highest BCUT2D eigenvalue weighted by molar-refractivity contribution is 7.89. The van der Waals surface area contributed by atoms with Crippen molar-refractivity contribution in [3.05, 3.63) is 17.2 Å². The van der Waals surface area contributed by atoms with Crippen LogP contribution in [0.5, 0.6) is 0 Å². The highest BCUT2D eigenvalue weighted by atomic mass is 32.2. The summed E-state index contributed by atoms with van der Waals surface area (Å²) in [7, 11) is -3.07. The van der Waals surface area contributed by atoms with Crippen molar-refractivity contribution in [1.29, 1.82) is 0 Å². The van der Waals surface area contributed by atoms with Crippen LogP contribution in [0, 0.1) is 0 Å². The maximum absolute atomic E-state index is 11.5. The van der Waals surface area contributed by atoms with E-state index in [2.05, 4.69) is 14.6 Å². The van der Waals surface area contributed by atoms with Crippen LogP contribution >= 0.6 is 0 Å². The molecule has 1 aromatic heterocycles. The Morgan fingerprint density at radius 2 is 2.13 bits per heavy atom. The van der Waals surface area contributed by atoms with Crippen molar-refractivity contribution in [2.45, 2.75) is 57.9 Å². The van der Waals surface area contributed by atoms with Crippen LogP contribution in [0.25, 0.3) is 0 Å². The third-order valence-electron chi connectivity index (χ3n) is 4.98. The van der Waals surface area contributed by atoms with E-state index in [9.17, 15) is 8.42 Å². The standard InChI is InChI=1S/C16H28N4O2S/c1-2-23(21,22)17-10-6-12-20-11-5-9-15(20)16-18-13-7-3-4-8-14(13)19-16/h15,17H,2-12H2,1H3,(H,18,19). The molecule has 1 aromatic rings. The molecular formula is C16H28N4O2S. The molecule has 6 nitrogen and oxygen atoms in total.